The molecule has 1 aliphatic rings. The number of nitrogens with one attached hydrogen (secondary N) is 2. The summed E-state index contributed by atoms with van der Waals surface area (Å²) in [5.41, 5.74) is 0.785. The smallest absolute Gasteiger partial charge is 0.313 e. The Hall–Kier alpha value is -2.28. The highest BCUT2D eigenvalue weighted by molar-refractivity contribution is 6.30. The maximum absolute atomic E-state index is 13.3. The standard InChI is InChI=1S/C15H14ClFN4O2/c1-6(7(2)17)8-3-9(8)10-4-12(20-21-13(10)16)11-5-18-15(23)19-14(11)22/h4-5,8-9H,3H2,1-2H3,(H2,18,19,22,23)/b7-6-/t8-,9+/m1/s1. The van der Waals surface area contributed by atoms with Gasteiger partial charge in [0.25, 0.3) is 5.56 Å². The minimum Gasteiger partial charge on any atom is -0.313 e. The van der Waals surface area contributed by atoms with Gasteiger partial charge in [0.15, 0.2) is 5.15 Å². The van der Waals surface area contributed by atoms with Gasteiger partial charge in [-0.05, 0) is 49.3 Å². The molecule has 6 nitrogen and oxygen atoms in total. The lowest BCUT2D eigenvalue weighted by atomic mass is 10.1. The van der Waals surface area contributed by atoms with E-state index >= 15 is 0 Å². The molecule has 2 N–H and O–H groups in total. The number of hydrogen-bond acceptors (Lipinski definition) is 4. The van der Waals surface area contributed by atoms with Gasteiger partial charge in [-0.3, -0.25) is 9.78 Å². The van der Waals surface area contributed by atoms with Crippen molar-refractivity contribution in [3.63, 3.8) is 0 Å². The highest BCUT2D eigenvalue weighted by Crippen LogP contribution is 2.53. The van der Waals surface area contributed by atoms with Crippen molar-refractivity contribution >= 4 is 11.6 Å². The molecule has 0 aromatic carbocycles. The van der Waals surface area contributed by atoms with Gasteiger partial charge in [-0.15, -0.1) is 10.2 Å². The minimum absolute atomic E-state index is 0.0595. The zero-order valence-corrected chi connectivity index (χ0v) is 13.2. The molecule has 0 saturated heterocycles. The van der Waals surface area contributed by atoms with E-state index in [0.29, 0.717) is 11.3 Å². The Morgan fingerprint density at radius 1 is 1.35 bits per heavy atom. The predicted octanol–water partition coefficient (Wildman–Crippen LogP) is 2.54. The maximum Gasteiger partial charge on any atom is 0.325 e. The number of hydrogen-bond donors (Lipinski definition) is 2. The van der Waals surface area contributed by atoms with Crippen molar-refractivity contribution in [2.45, 2.75) is 26.2 Å². The van der Waals surface area contributed by atoms with Gasteiger partial charge < -0.3 is 4.98 Å². The molecule has 0 aliphatic heterocycles. The van der Waals surface area contributed by atoms with Gasteiger partial charge in [0.05, 0.1) is 11.4 Å². The molecule has 2 heterocycles. The van der Waals surface area contributed by atoms with E-state index in [1.165, 1.54) is 13.1 Å². The summed E-state index contributed by atoms with van der Waals surface area (Å²) in [4.78, 5) is 27.5. The van der Waals surface area contributed by atoms with Crippen LogP contribution in [0, 0.1) is 5.92 Å². The summed E-state index contributed by atoms with van der Waals surface area (Å²) >= 11 is 6.11. The number of aromatic nitrogens is 4. The van der Waals surface area contributed by atoms with Crippen molar-refractivity contribution in [1.29, 1.82) is 0 Å². The number of nitrogens with zero attached hydrogens (tertiary/aromatic N) is 2. The Morgan fingerprint density at radius 3 is 2.74 bits per heavy atom. The van der Waals surface area contributed by atoms with Gasteiger partial charge in [-0.25, -0.2) is 9.18 Å². The molecule has 0 amide bonds. The average molecular weight is 337 g/mol. The lowest BCUT2D eigenvalue weighted by Crippen LogP contribution is -2.23. The average Bonchev–Trinajstić information content (AvgIpc) is 3.27. The Morgan fingerprint density at radius 2 is 2.09 bits per heavy atom. The molecule has 1 aliphatic carbocycles. The first-order valence-corrected chi connectivity index (χ1v) is 7.44. The fourth-order valence-electron chi connectivity index (χ4n) is 2.66. The maximum atomic E-state index is 13.3. The largest absolute Gasteiger partial charge is 0.325 e. The zero-order chi connectivity index (χ0) is 16.7. The Labute approximate surface area is 135 Å². The van der Waals surface area contributed by atoms with Crippen molar-refractivity contribution in [3.8, 4) is 11.3 Å². The molecule has 1 fully saturated rings. The summed E-state index contributed by atoms with van der Waals surface area (Å²) in [5, 5.41) is 8.03. The zero-order valence-electron chi connectivity index (χ0n) is 12.5. The normalized spacial score (nSPS) is 21.0. The first-order chi connectivity index (χ1) is 10.9. The van der Waals surface area contributed by atoms with Crippen LogP contribution in [0.25, 0.3) is 11.3 Å². The van der Waals surface area contributed by atoms with Crippen molar-refractivity contribution < 1.29 is 4.39 Å². The first kappa shape index (κ1) is 15.6. The van der Waals surface area contributed by atoms with Crippen LogP contribution in [-0.2, 0) is 0 Å². The number of rotatable bonds is 3. The second kappa shape index (κ2) is 5.73. The minimum atomic E-state index is -0.595. The van der Waals surface area contributed by atoms with Crippen LogP contribution in [0.3, 0.4) is 0 Å². The van der Waals surface area contributed by atoms with E-state index in [2.05, 4.69) is 20.2 Å². The number of H-pyrrole nitrogens is 2. The van der Waals surface area contributed by atoms with Gasteiger partial charge in [-0.1, -0.05) is 11.6 Å². The van der Waals surface area contributed by atoms with E-state index < -0.39 is 11.2 Å². The van der Waals surface area contributed by atoms with Gasteiger partial charge in [-0.2, -0.15) is 0 Å². The monoisotopic (exact) mass is 336 g/mol. The summed E-state index contributed by atoms with van der Waals surface area (Å²) in [6.07, 6.45) is 2.06. The molecule has 23 heavy (non-hydrogen) atoms. The second-order valence-electron chi connectivity index (χ2n) is 5.63. The molecular weight excluding hydrogens is 323 g/mol. The SMILES string of the molecule is C/C(F)=C(\C)[C@H]1C[C@@H]1c1cc(-c2c[nH]c(=O)[nH]c2=O)nnc1Cl. The molecule has 3 rings (SSSR count). The van der Waals surface area contributed by atoms with Crippen LogP contribution in [0.4, 0.5) is 4.39 Å². The molecule has 0 radical (unpaired) electrons. The lowest BCUT2D eigenvalue weighted by molar-refractivity contribution is 0.614. The van der Waals surface area contributed by atoms with Gasteiger partial charge in [0, 0.05) is 6.20 Å². The molecular formula is C15H14ClFN4O2. The van der Waals surface area contributed by atoms with Gasteiger partial charge in [0.1, 0.15) is 5.69 Å². The molecule has 120 valence electrons. The highest BCUT2D eigenvalue weighted by Gasteiger charge is 2.42. The molecule has 2 aromatic heterocycles. The Balaban J connectivity index is 2.00. The molecule has 0 spiro atoms. The van der Waals surface area contributed by atoms with Crippen molar-refractivity contribution in [2.75, 3.05) is 0 Å². The van der Waals surface area contributed by atoms with Crippen LogP contribution < -0.4 is 11.2 Å². The summed E-state index contributed by atoms with van der Waals surface area (Å²) < 4.78 is 13.3. The highest BCUT2D eigenvalue weighted by atomic mass is 35.5. The van der Waals surface area contributed by atoms with Crippen LogP contribution in [0.2, 0.25) is 5.15 Å². The third kappa shape index (κ3) is 2.96. The third-order valence-electron chi connectivity index (χ3n) is 4.16. The van der Waals surface area contributed by atoms with E-state index in [1.807, 2.05) is 0 Å². The summed E-state index contributed by atoms with van der Waals surface area (Å²) in [7, 11) is 0. The molecule has 1 saturated carbocycles. The molecule has 2 aromatic rings. The van der Waals surface area contributed by atoms with Gasteiger partial charge in [0.2, 0.25) is 0 Å². The van der Waals surface area contributed by atoms with Crippen LogP contribution >= 0.6 is 11.6 Å². The Bertz CT molecular complexity index is 914. The van der Waals surface area contributed by atoms with Crippen LogP contribution in [-0.4, -0.2) is 20.2 Å². The molecule has 0 unspecified atom stereocenters. The van der Waals surface area contributed by atoms with Crippen LogP contribution in [0.15, 0.2) is 33.3 Å². The third-order valence-corrected chi connectivity index (χ3v) is 4.45. The molecule has 8 heteroatoms. The van der Waals surface area contributed by atoms with Crippen molar-refractivity contribution in [1.82, 2.24) is 20.2 Å². The summed E-state index contributed by atoms with van der Waals surface area (Å²) in [5.74, 6) is -0.0411. The fraction of sp³-hybridized carbons (Fsp3) is 0.333. The molecule has 0 bridgehead atoms. The quantitative estimate of drug-likeness (QED) is 0.901. The van der Waals surface area contributed by atoms with Crippen LogP contribution in [0.5, 0.6) is 0 Å². The molecule has 2 atom stereocenters. The fourth-order valence-corrected chi connectivity index (χ4v) is 2.89. The van der Waals surface area contributed by atoms with Crippen molar-refractivity contribution in [3.05, 3.63) is 55.2 Å². The van der Waals surface area contributed by atoms with E-state index in [0.717, 1.165) is 12.0 Å². The van der Waals surface area contributed by atoms with Gasteiger partial charge >= 0.3 is 5.69 Å². The number of allylic oxidation sites excluding steroid dienone is 2. The van der Waals surface area contributed by atoms with E-state index in [4.69, 9.17) is 11.6 Å². The predicted molar refractivity (Wildman–Crippen MR) is 84.0 cm³/mol. The van der Waals surface area contributed by atoms with Crippen molar-refractivity contribution in [2.24, 2.45) is 5.92 Å². The summed E-state index contributed by atoms with van der Waals surface area (Å²) in [6.45, 7) is 3.19. The second-order valence-corrected chi connectivity index (χ2v) is 5.98. The number of halogens is 2. The van der Waals surface area contributed by atoms with E-state index in [-0.39, 0.29) is 28.4 Å². The van der Waals surface area contributed by atoms with E-state index in [1.54, 1.807) is 13.0 Å². The van der Waals surface area contributed by atoms with E-state index in [9.17, 15) is 14.0 Å². The first-order valence-electron chi connectivity index (χ1n) is 7.07. The topological polar surface area (TPSA) is 91.5 Å². The van der Waals surface area contributed by atoms with Crippen LogP contribution in [0.1, 0.15) is 31.7 Å². The summed E-state index contributed by atoms with van der Waals surface area (Å²) in [6, 6.07) is 1.67. The Kier molecular flexibility index (Phi) is 3.89. The number of aromatic amines is 2. The lowest BCUT2D eigenvalue weighted by Gasteiger charge is -2.06.